The van der Waals surface area contributed by atoms with E-state index >= 15 is 0 Å². The molecule has 118 valence electrons. The minimum absolute atomic E-state index is 0.128. The van der Waals surface area contributed by atoms with Crippen LogP contribution in [0.4, 0.5) is 0 Å². The molecule has 1 amide bonds. The second-order valence-corrected chi connectivity index (χ2v) is 4.53. The van der Waals surface area contributed by atoms with Gasteiger partial charge in [0.1, 0.15) is 0 Å². The first-order valence-electron chi connectivity index (χ1n) is 6.56. The highest BCUT2D eigenvalue weighted by atomic mass is 16.7. The lowest BCUT2D eigenvalue weighted by molar-refractivity contribution is -0.154. The summed E-state index contributed by atoms with van der Waals surface area (Å²) in [6, 6.07) is 13.6. The van der Waals surface area contributed by atoms with Crippen molar-refractivity contribution in [3.63, 3.8) is 0 Å². The van der Waals surface area contributed by atoms with Crippen molar-refractivity contribution >= 4 is 17.8 Å². The van der Waals surface area contributed by atoms with Crippen molar-refractivity contribution in [2.75, 3.05) is 0 Å². The lowest BCUT2D eigenvalue weighted by Gasteiger charge is -2.14. The number of hydrogen-bond acceptors (Lipinski definition) is 4. The molecule has 1 unspecified atom stereocenters. The van der Waals surface area contributed by atoms with E-state index < -0.39 is 23.9 Å². The molecular weight excluding hydrogens is 302 g/mol. The first-order valence-corrected chi connectivity index (χ1v) is 6.56. The van der Waals surface area contributed by atoms with Gasteiger partial charge in [0.2, 0.25) is 6.10 Å². The molecule has 1 atom stereocenters. The van der Waals surface area contributed by atoms with Gasteiger partial charge in [0, 0.05) is 0 Å². The molecule has 0 saturated heterocycles. The van der Waals surface area contributed by atoms with Crippen molar-refractivity contribution in [2.45, 2.75) is 6.10 Å². The molecule has 0 aliphatic carbocycles. The second kappa shape index (κ2) is 7.19. The van der Waals surface area contributed by atoms with Crippen LogP contribution in [-0.2, 0) is 9.63 Å². The summed E-state index contributed by atoms with van der Waals surface area (Å²) in [4.78, 5) is 39.3. The molecule has 0 spiro atoms. The van der Waals surface area contributed by atoms with E-state index in [9.17, 15) is 19.5 Å². The van der Waals surface area contributed by atoms with Crippen LogP contribution in [-0.4, -0.2) is 28.1 Å². The molecule has 2 aromatic carbocycles. The third-order valence-corrected chi connectivity index (χ3v) is 3.00. The maximum atomic E-state index is 12.0. The van der Waals surface area contributed by atoms with Gasteiger partial charge in [-0.3, -0.25) is 9.63 Å². The molecule has 7 heteroatoms. The van der Waals surface area contributed by atoms with Gasteiger partial charge in [0.15, 0.2) is 0 Å². The number of carboxylic acid groups (broad SMARTS) is 2. The van der Waals surface area contributed by atoms with Gasteiger partial charge in [-0.15, -0.1) is 0 Å². The van der Waals surface area contributed by atoms with Crippen LogP contribution < -0.4 is 5.48 Å². The average molecular weight is 315 g/mol. The number of carboxylic acids is 2. The minimum Gasteiger partial charge on any atom is -0.479 e. The van der Waals surface area contributed by atoms with Gasteiger partial charge in [-0.25, -0.2) is 15.1 Å². The molecule has 7 nitrogen and oxygen atoms in total. The predicted molar refractivity (Wildman–Crippen MR) is 78.8 cm³/mol. The summed E-state index contributed by atoms with van der Waals surface area (Å²) >= 11 is 0. The first kappa shape index (κ1) is 16.2. The fraction of sp³-hybridized carbons (Fsp3) is 0.0625. The van der Waals surface area contributed by atoms with Gasteiger partial charge in [-0.05, 0) is 17.7 Å². The molecule has 0 aliphatic rings. The second-order valence-electron chi connectivity index (χ2n) is 4.53. The van der Waals surface area contributed by atoms with Gasteiger partial charge in [-0.1, -0.05) is 42.5 Å². The van der Waals surface area contributed by atoms with Crippen LogP contribution >= 0.6 is 0 Å². The standard InChI is InChI=1S/C16H13NO6/c18-14(11-8-4-5-9-12(11)15(19)20)17-23-13(16(21)22)10-6-2-1-3-7-10/h1-9,13H,(H,17,18)(H,19,20)(H,21,22). The zero-order valence-electron chi connectivity index (χ0n) is 11.8. The van der Waals surface area contributed by atoms with Crippen molar-refractivity contribution in [3.8, 4) is 0 Å². The summed E-state index contributed by atoms with van der Waals surface area (Å²) < 4.78 is 0. The van der Waals surface area contributed by atoms with E-state index in [4.69, 9.17) is 9.94 Å². The summed E-state index contributed by atoms with van der Waals surface area (Å²) in [6.07, 6.45) is -1.41. The Morgan fingerprint density at radius 3 is 2.00 bits per heavy atom. The van der Waals surface area contributed by atoms with Crippen molar-refractivity contribution in [1.29, 1.82) is 0 Å². The normalized spacial score (nSPS) is 11.5. The number of amides is 1. The van der Waals surface area contributed by atoms with Crippen LogP contribution in [0, 0.1) is 0 Å². The molecule has 0 fully saturated rings. The SMILES string of the molecule is O=C(O)c1ccccc1C(=O)NOC(C(=O)O)c1ccccc1. The van der Waals surface area contributed by atoms with E-state index in [1.165, 1.54) is 36.4 Å². The van der Waals surface area contributed by atoms with E-state index in [1.807, 2.05) is 5.48 Å². The number of aromatic carboxylic acids is 1. The van der Waals surface area contributed by atoms with E-state index in [1.54, 1.807) is 18.2 Å². The number of aliphatic carboxylic acids is 1. The predicted octanol–water partition coefficient (Wildman–Crippen LogP) is 1.87. The molecule has 0 radical (unpaired) electrons. The van der Waals surface area contributed by atoms with Crippen LogP contribution in [0.3, 0.4) is 0 Å². The number of carbonyl (C=O) groups excluding carboxylic acids is 1. The van der Waals surface area contributed by atoms with Crippen molar-refractivity contribution in [1.82, 2.24) is 5.48 Å². The fourth-order valence-electron chi connectivity index (χ4n) is 1.92. The van der Waals surface area contributed by atoms with E-state index in [0.29, 0.717) is 5.56 Å². The van der Waals surface area contributed by atoms with Gasteiger partial charge >= 0.3 is 11.9 Å². The number of rotatable bonds is 6. The highest BCUT2D eigenvalue weighted by Gasteiger charge is 2.23. The number of benzene rings is 2. The Balaban J connectivity index is 2.14. The molecule has 0 heterocycles. The number of nitrogens with one attached hydrogen (secondary N) is 1. The third kappa shape index (κ3) is 3.92. The van der Waals surface area contributed by atoms with Crippen LogP contribution in [0.25, 0.3) is 0 Å². The van der Waals surface area contributed by atoms with Gasteiger partial charge in [0.25, 0.3) is 5.91 Å². The highest BCUT2D eigenvalue weighted by molar-refractivity contribution is 6.04. The first-order chi connectivity index (χ1) is 11.0. The minimum atomic E-state index is -1.41. The summed E-state index contributed by atoms with van der Waals surface area (Å²) in [5.41, 5.74) is 1.99. The summed E-state index contributed by atoms with van der Waals surface area (Å²) in [5, 5.41) is 18.2. The van der Waals surface area contributed by atoms with Crippen LogP contribution in [0.5, 0.6) is 0 Å². The Morgan fingerprint density at radius 2 is 1.43 bits per heavy atom. The zero-order chi connectivity index (χ0) is 16.8. The molecular formula is C16H13NO6. The van der Waals surface area contributed by atoms with Crippen molar-refractivity contribution < 1.29 is 29.4 Å². The quantitative estimate of drug-likeness (QED) is 0.701. The van der Waals surface area contributed by atoms with Gasteiger partial charge in [0.05, 0.1) is 11.1 Å². The smallest absolute Gasteiger partial charge is 0.340 e. The molecule has 23 heavy (non-hydrogen) atoms. The number of hydrogen-bond donors (Lipinski definition) is 3. The van der Waals surface area contributed by atoms with Gasteiger partial charge in [-0.2, -0.15) is 0 Å². The van der Waals surface area contributed by atoms with E-state index in [-0.39, 0.29) is 11.1 Å². The lowest BCUT2D eigenvalue weighted by atomic mass is 10.1. The Kier molecular flexibility index (Phi) is 5.06. The maximum Gasteiger partial charge on any atom is 0.340 e. The lowest BCUT2D eigenvalue weighted by Crippen LogP contribution is -2.30. The average Bonchev–Trinajstić information content (AvgIpc) is 2.55. The Bertz CT molecular complexity index is 728. The molecule has 0 aliphatic heterocycles. The Morgan fingerprint density at radius 1 is 0.870 bits per heavy atom. The fourth-order valence-corrected chi connectivity index (χ4v) is 1.92. The molecule has 0 saturated carbocycles. The highest BCUT2D eigenvalue weighted by Crippen LogP contribution is 2.16. The van der Waals surface area contributed by atoms with E-state index in [0.717, 1.165) is 0 Å². The molecule has 0 bridgehead atoms. The summed E-state index contributed by atoms with van der Waals surface area (Å²) in [7, 11) is 0. The topological polar surface area (TPSA) is 113 Å². The summed E-state index contributed by atoms with van der Waals surface area (Å²) in [6.45, 7) is 0. The van der Waals surface area contributed by atoms with Crippen molar-refractivity contribution in [3.05, 3.63) is 71.3 Å². The molecule has 2 rings (SSSR count). The van der Waals surface area contributed by atoms with E-state index in [2.05, 4.69) is 0 Å². The zero-order valence-corrected chi connectivity index (χ0v) is 11.8. The van der Waals surface area contributed by atoms with Crippen LogP contribution in [0.2, 0.25) is 0 Å². The van der Waals surface area contributed by atoms with Crippen molar-refractivity contribution in [2.24, 2.45) is 0 Å². The maximum absolute atomic E-state index is 12.0. The molecule has 3 N–H and O–H groups in total. The number of hydroxylamine groups is 1. The van der Waals surface area contributed by atoms with Crippen LogP contribution in [0.15, 0.2) is 54.6 Å². The third-order valence-electron chi connectivity index (χ3n) is 3.00. The number of carbonyl (C=O) groups is 3. The molecule has 0 aromatic heterocycles. The monoisotopic (exact) mass is 315 g/mol. The van der Waals surface area contributed by atoms with Crippen LogP contribution in [0.1, 0.15) is 32.4 Å². The molecule has 2 aromatic rings. The Hall–Kier alpha value is -3.19. The Labute approximate surface area is 131 Å². The largest absolute Gasteiger partial charge is 0.479 e. The summed E-state index contributed by atoms with van der Waals surface area (Å²) in [5.74, 6) is -3.40. The van der Waals surface area contributed by atoms with Gasteiger partial charge < -0.3 is 10.2 Å².